The van der Waals surface area contributed by atoms with Crippen LogP contribution in [0.4, 0.5) is 0 Å². The SMILES string of the molecule is CNCC1CCCN1C(=O)c1ccc(I)cc1.Cl. The van der Waals surface area contributed by atoms with Gasteiger partial charge in [0.15, 0.2) is 0 Å². The van der Waals surface area contributed by atoms with E-state index in [1.54, 1.807) is 0 Å². The van der Waals surface area contributed by atoms with Crippen molar-refractivity contribution < 1.29 is 4.79 Å². The predicted molar refractivity (Wildman–Crippen MR) is 84.4 cm³/mol. The Morgan fingerprint density at radius 2 is 2.11 bits per heavy atom. The minimum atomic E-state index is 0. The second-order valence-electron chi connectivity index (χ2n) is 4.36. The van der Waals surface area contributed by atoms with Gasteiger partial charge in [-0.1, -0.05) is 0 Å². The number of hydrogen-bond donors (Lipinski definition) is 1. The lowest BCUT2D eigenvalue weighted by molar-refractivity contribution is 0.0737. The number of rotatable bonds is 3. The maximum absolute atomic E-state index is 12.3. The quantitative estimate of drug-likeness (QED) is 0.818. The molecule has 0 aliphatic carbocycles. The molecule has 1 saturated heterocycles. The Kier molecular flexibility index (Phi) is 6.38. The lowest BCUT2D eigenvalue weighted by atomic mass is 10.1. The zero-order valence-electron chi connectivity index (χ0n) is 10.4. The number of likely N-dealkylation sites (N-methyl/N-ethyl adjacent to an activating group) is 1. The molecule has 1 N–H and O–H groups in total. The molecular weight excluding hydrogens is 363 g/mol. The number of hydrogen-bond acceptors (Lipinski definition) is 2. The fourth-order valence-electron chi connectivity index (χ4n) is 2.31. The number of halogens is 2. The van der Waals surface area contributed by atoms with Crippen molar-refractivity contribution >= 4 is 40.9 Å². The summed E-state index contributed by atoms with van der Waals surface area (Å²) < 4.78 is 1.16. The highest BCUT2D eigenvalue weighted by atomic mass is 127. The molecule has 2 rings (SSSR count). The van der Waals surface area contributed by atoms with Gasteiger partial charge in [0.25, 0.3) is 5.91 Å². The van der Waals surface area contributed by atoms with Gasteiger partial charge in [-0.25, -0.2) is 0 Å². The summed E-state index contributed by atoms with van der Waals surface area (Å²) in [6.45, 7) is 1.77. The van der Waals surface area contributed by atoms with E-state index in [4.69, 9.17) is 0 Å². The maximum Gasteiger partial charge on any atom is 0.254 e. The Bertz CT molecular complexity index is 396. The smallest absolute Gasteiger partial charge is 0.254 e. The fraction of sp³-hybridized carbons (Fsp3) is 0.462. The largest absolute Gasteiger partial charge is 0.334 e. The number of likely N-dealkylation sites (tertiary alicyclic amines) is 1. The molecule has 100 valence electrons. The number of nitrogens with zero attached hydrogens (tertiary/aromatic N) is 1. The van der Waals surface area contributed by atoms with Gasteiger partial charge in [-0.3, -0.25) is 4.79 Å². The van der Waals surface area contributed by atoms with E-state index in [-0.39, 0.29) is 18.3 Å². The lowest BCUT2D eigenvalue weighted by Crippen LogP contribution is -2.40. The molecule has 0 bridgehead atoms. The normalized spacial score (nSPS) is 18.6. The molecule has 1 aromatic carbocycles. The third-order valence-electron chi connectivity index (χ3n) is 3.17. The Morgan fingerprint density at radius 3 is 2.72 bits per heavy atom. The molecule has 1 heterocycles. The van der Waals surface area contributed by atoms with Gasteiger partial charge < -0.3 is 10.2 Å². The van der Waals surface area contributed by atoms with E-state index in [0.717, 1.165) is 35.1 Å². The number of nitrogens with one attached hydrogen (secondary N) is 1. The molecule has 1 aliphatic rings. The standard InChI is InChI=1S/C13H17IN2O.ClH/c1-15-9-12-3-2-8-16(12)13(17)10-4-6-11(14)7-5-10;/h4-7,12,15H,2-3,8-9H2,1H3;1H. The first kappa shape index (κ1) is 15.7. The number of carbonyl (C=O) groups excluding carboxylic acids is 1. The summed E-state index contributed by atoms with van der Waals surface area (Å²) in [6, 6.07) is 8.15. The van der Waals surface area contributed by atoms with Crippen molar-refractivity contribution in [1.82, 2.24) is 10.2 Å². The van der Waals surface area contributed by atoms with Crippen LogP contribution < -0.4 is 5.32 Å². The first-order valence-electron chi connectivity index (χ1n) is 5.93. The molecule has 18 heavy (non-hydrogen) atoms. The molecule has 0 aromatic heterocycles. The molecule has 1 fully saturated rings. The zero-order chi connectivity index (χ0) is 12.3. The Labute approximate surface area is 128 Å². The highest BCUT2D eigenvalue weighted by Gasteiger charge is 2.28. The van der Waals surface area contributed by atoms with Gasteiger partial charge in [0.05, 0.1) is 0 Å². The van der Waals surface area contributed by atoms with Crippen molar-refractivity contribution in [2.24, 2.45) is 0 Å². The van der Waals surface area contributed by atoms with Gasteiger partial charge in [-0.15, -0.1) is 12.4 Å². The molecule has 1 amide bonds. The van der Waals surface area contributed by atoms with Gasteiger partial charge in [-0.05, 0) is 66.7 Å². The molecule has 1 atom stereocenters. The molecule has 1 aliphatic heterocycles. The summed E-state index contributed by atoms with van der Waals surface area (Å²) in [4.78, 5) is 14.3. The summed E-state index contributed by atoms with van der Waals surface area (Å²) in [5, 5.41) is 3.16. The fourth-order valence-corrected chi connectivity index (χ4v) is 2.67. The minimum Gasteiger partial charge on any atom is -0.334 e. The molecule has 1 unspecified atom stereocenters. The monoisotopic (exact) mass is 380 g/mol. The average molecular weight is 381 g/mol. The number of carbonyl (C=O) groups is 1. The van der Waals surface area contributed by atoms with Gasteiger partial charge >= 0.3 is 0 Å². The lowest BCUT2D eigenvalue weighted by Gasteiger charge is -2.24. The van der Waals surface area contributed by atoms with Crippen LogP contribution in [0.25, 0.3) is 0 Å². The van der Waals surface area contributed by atoms with Crippen molar-refractivity contribution in [2.75, 3.05) is 20.1 Å². The zero-order valence-corrected chi connectivity index (χ0v) is 13.3. The van der Waals surface area contributed by atoms with Crippen LogP contribution in [0.2, 0.25) is 0 Å². The highest BCUT2D eigenvalue weighted by Crippen LogP contribution is 2.20. The Hall–Kier alpha value is -0.330. The molecular formula is C13H18ClIN2O. The van der Waals surface area contributed by atoms with Gasteiger partial charge in [-0.2, -0.15) is 0 Å². The van der Waals surface area contributed by atoms with Crippen LogP contribution in [0.1, 0.15) is 23.2 Å². The summed E-state index contributed by atoms with van der Waals surface area (Å²) >= 11 is 2.25. The first-order valence-corrected chi connectivity index (χ1v) is 7.01. The topological polar surface area (TPSA) is 32.3 Å². The summed E-state index contributed by atoms with van der Waals surface area (Å²) in [6.07, 6.45) is 2.22. The third-order valence-corrected chi connectivity index (χ3v) is 3.89. The molecule has 3 nitrogen and oxygen atoms in total. The van der Waals surface area contributed by atoms with Crippen molar-refractivity contribution in [1.29, 1.82) is 0 Å². The average Bonchev–Trinajstić information content (AvgIpc) is 2.78. The third kappa shape index (κ3) is 3.59. The molecule has 0 radical (unpaired) electrons. The number of amides is 1. The summed E-state index contributed by atoms with van der Waals surface area (Å²) in [5.74, 6) is 0.166. The van der Waals surface area contributed by atoms with Crippen molar-refractivity contribution in [2.45, 2.75) is 18.9 Å². The first-order chi connectivity index (χ1) is 8.22. The molecule has 0 saturated carbocycles. The van der Waals surface area contributed by atoms with Crippen LogP contribution in [0, 0.1) is 3.57 Å². The van der Waals surface area contributed by atoms with E-state index in [1.165, 1.54) is 0 Å². The van der Waals surface area contributed by atoms with Crippen molar-refractivity contribution in [3.05, 3.63) is 33.4 Å². The molecule has 0 spiro atoms. The van der Waals surface area contributed by atoms with Gasteiger partial charge in [0, 0.05) is 28.3 Å². The van der Waals surface area contributed by atoms with Crippen LogP contribution in [0.3, 0.4) is 0 Å². The van der Waals surface area contributed by atoms with Crippen molar-refractivity contribution in [3.63, 3.8) is 0 Å². The van der Waals surface area contributed by atoms with E-state index < -0.39 is 0 Å². The van der Waals surface area contributed by atoms with E-state index in [1.807, 2.05) is 36.2 Å². The number of benzene rings is 1. The van der Waals surface area contributed by atoms with E-state index >= 15 is 0 Å². The van der Waals surface area contributed by atoms with Crippen molar-refractivity contribution in [3.8, 4) is 0 Å². The van der Waals surface area contributed by atoms with Crippen LogP contribution in [-0.2, 0) is 0 Å². The summed E-state index contributed by atoms with van der Waals surface area (Å²) in [5.41, 5.74) is 0.799. The van der Waals surface area contributed by atoms with E-state index in [2.05, 4.69) is 27.9 Å². The maximum atomic E-state index is 12.3. The van der Waals surface area contributed by atoms with Crippen LogP contribution in [0.5, 0.6) is 0 Å². The molecule has 5 heteroatoms. The Morgan fingerprint density at radius 1 is 1.44 bits per heavy atom. The van der Waals surface area contributed by atoms with Gasteiger partial charge in [0.1, 0.15) is 0 Å². The van der Waals surface area contributed by atoms with E-state index in [0.29, 0.717) is 6.04 Å². The van der Waals surface area contributed by atoms with E-state index in [9.17, 15) is 4.79 Å². The highest BCUT2D eigenvalue weighted by molar-refractivity contribution is 14.1. The second-order valence-corrected chi connectivity index (χ2v) is 5.60. The van der Waals surface area contributed by atoms with Crippen LogP contribution in [0.15, 0.2) is 24.3 Å². The summed E-state index contributed by atoms with van der Waals surface area (Å²) in [7, 11) is 1.94. The molecule has 1 aromatic rings. The van der Waals surface area contributed by atoms with Gasteiger partial charge in [0.2, 0.25) is 0 Å². The van der Waals surface area contributed by atoms with Crippen LogP contribution in [-0.4, -0.2) is 37.0 Å². The predicted octanol–water partition coefficient (Wildman–Crippen LogP) is 2.54. The second kappa shape index (κ2) is 7.31. The Balaban J connectivity index is 0.00000162. The minimum absolute atomic E-state index is 0. The van der Waals surface area contributed by atoms with Crippen LogP contribution >= 0.6 is 35.0 Å².